The maximum atomic E-state index is 5.49. The van der Waals surface area contributed by atoms with E-state index in [-0.39, 0.29) is 0 Å². The van der Waals surface area contributed by atoms with Gasteiger partial charge < -0.3 is 9.32 Å². The van der Waals surface area contributed by atoms with Crippen LogP contribution in [-0.4, -0.2) is 32.8 Å². The van der Waals surface area contributed by atoms with Gasteiger partial charge in [0.25, 0.3) is 0 Å². The zero-order valence-electron chi connectivity index (χ0n) is 12.4. The Balaban J connectivity index is 1.77. The van der Waals surface area contributed by atoms with Gasteiger partial charge in [-0.05, 0) is 37.1 Å². The minimum absolute atomic E-state index is 0.566. The lowest BCUT2D eigenvalue weighted by Gasteiger charge is -2.18. The zero-order chi connectivity index (χ0) is 14.9. The number of hydrogen-bond acceptors (Lipinski definition) is 5. The van der Waals surface area contributed by atoms with E-state index < -0.39 is 0 Å². The molecule has 0 atom stereocenters. The maximum Gasteiger partial charge on any atom is 0.227 e. The van der Waals surface area contributed by atoms with Crippen LogP contribution in [-0.2, 0) is 6.54 Å². The molecule has 4 rings (SSSR count). The molecule has 1 fully saturated rings. The number of hydrogen-bond donors (Lipinski definition) is 0. The van der Waals surface area contributed by atoms with Gasteiger partial charge in [-0.25, -0.2) is 0 Å². The van der Waals surface area contributed by atoms with E-state index in [9.17, 15) is 0 Å². The molecule has 0 radical (unpaired) electrons. The molecule has 6 nitrogen and oxygen atoms in total. The van der Waals surface area contributed by atoms with Crippen LogP contribution in [0.3, 0.4) is 0 Å². The Bertz CT molecular complexity index is 746. The predicted octanol–water partition coefficient (Wildman–Crippen LogP) is 2.58. The molecule has 0 unspecified atom stereocenters. The van der Waals surface area contributed by atoms with Crippen LogP contribution >= 0.6 is 0 Å². The first-order chi connectivity index (χ1) is 10.8. The summed E-state index contributed by atoms with van der Waals surface area (Å²) in [6.45, 7) is 0.596. The smallest absolute Gasteiger partial charge is 0.227 e. The summed E-state index contributed by atoms with van der Waals surface area (Å²) >= 11 is 0. The van der Waals surface area contributed by atoms with E-state index in [4.69, 9.17) is 4.42 Å². The van der Waals surface area contributed by atoms with Crippen LogP contribution in [0.25, 0.3) is 11.5 Å². The summed E-state index contributed by atoms with van der Waals surface area (Å²) in [5.74, 6) is 2.50. The highest BCUT2D eigenvalue weighted by Crippen LogP contribution is 2.31. The van der Waals surface area contributed by atoms with Gasteiger partial charge in [0, 0.05) is 19.3 Å². The Hall–Kier alpha value is -2.63. The van der Waals surface area contributed by atoms with Crippen molar-refractivity contribution < 1.29 is 4.42 Å². The van der Waals surface area contributed by atoms with Crippen molar-refractivity contribution in [3.63, 3.8) is 0 Å². The minimum Gasteiger partial charge on any atom is -0.467 e. The molecule has 22 heavy (non-hydrogen) atoms. The Morgan fingerprint density at radius 2 is 2.14 bits per heavy atom. The first-order valence-corrected chi connectivity index (χ1v) is 7.43. The van der Waals surface area contributed by atoms with Gasteiger partial charge in [0.15, 0.2) is 5.82 Å². The summed E-state index contributed by atoms with van der Waals surface area (Å²) in [5.41, 5.74) is 0.817. The number of furan rings is 1. The molecule has 1 saturated carbocycles. The Morgan fingerprint density at radius 3 is 2.82 bits per heavy atom. The largest absolute Gasteiger partial charge is 0.467 e. The van der Waals surface area contributed by atoms with Gasteiger partial charge in [-0.3, -0.25) is 9.55 Å². The fourth-order valence-electron chi connectivity index (χ4n) is 2.57. The molecule has 3 aromatic heterocycles. The van der Waals surface area contributed by atoms with Gasteiger partial charge in [-0.15, -0.1) is 10.2 Å². The predicted molar refractivity (Wildman–Crippen MR) is 82.5 cm³/mol. The standard InChI is InChI=1S/C16H17N5O/c1-20(12-7-8-12)16-19-18-15(14-6-2-3-9-17-14)21(16)11-13-5-4-10-22-13/h2-6,9-10,12H,7-8,11H2,1H3. The number of pyridine rings is 1. The molecule has 6 heteroatoms. The highest BCUT2D eigenvalue weighted by Gasteiger charge is 2.30. The van der Waals surface area contributed by atoms with E-state index >= 15 is 0 Å². The van der Waals surface area contributed by atoms with E-state index in [1.165, 1.54) is 12.8 Å². The van der Waals surface area contributed by atoms with E-state index in [2.05, 4.69) is 31.7 Å². The first-order valence-electron chi connectivity index (χ1n) is 7.43. The van der Waals surface area contributed by atoms with E-state index in [0.29, 0.717) is 12.6 Å². The van der Waals surface area contributed by atoms with Gasteiger partial charge in [-0.1, -0.05) is 6.07 Å². The van der Waals surface area contributed by atoms with Crippen LogP contribution in [0.5, 0.6) is 0 Å². The average Bonchev–Trinajstić information content (AvgIpc) is 3.13. The summed E-state index contributed by atoms with van der Waals surface area (Å²) in [6, 6.07) is 10.2. The summed E-state index contributed by atoms with van der Waals surface area (Å²) in [7, 11) is 2.07. The minimum atomic E-state index is 0.566. The van der Waals surface area contributed by atoms with Gasteiger partial charge >= 0.3 is 0 Å². The van der Waals surface area contributed by atoms with E-state index in [1.54, 1.807) is 12.5 Å². The lowest BCUT2D eigenvalue weighted by Crippen LogP contribution is -2.24. The van der Waals surface area contributed by atoms with Crippen molar-refractivity contribution in [2.75, 3.05) is 11.9 Å². The SMILES string of the molecule is CN(c1nnc(-c2ccccn2)n1Cc1ccco1)C1CC1. The van der Waals surface area contributed by atoms with Crippen molar-refractivity contribution in [3.05, 3.63) is 48.6 Å². The van der Waals surface area contributed by atoms with Crippen molar-refractivity contribution in [2.45, 2.75) is 25.4 Å². The molecule has 0 bridgehead atoms. The summed E-state index contributed by atoms with van der Waals surface area (Å²) in [6.07, 6.45) is 5.88. The fraction of sp³-hybridized carbons (Fsp3) is 0.312. The third kappa shape index (κ3) is 2.36. The Kier molecular flexibility index (Phi) is 3.14. The monoisotopic (exact) mass is 295 g/mol. The fourth-order valence-corrected chi connectivity index (χ4v) is 2.57. The summed E-state index contributed by atoms with van der Waals surface area (Å²) in [5, 5.41) is 8.76. The molecule has 0 N–H and O–H groups in total. The summed E-state index contributed by atoms with van der Waals surface area (Å²) in [4.78, 5) is 6.60. The lowest BCUT2D eigenvalue weighted by atomic mass is 10.3. The molecule has 0 aromatic carbocycles. The normalized spacial score (nSPS) is 14.2. The number of aromatic nitrogens is 4. The lowest BCUT2D eigenvalue weighted by molar-refractivity contribution is 0.493. The molecule has 0 amide bonds. The number of anilines is 1. The van der Waals surface area contributed by atoms with Crippen molar-refractivity contribution in [2.24, 2.45) is 0 Å². The van der Waals surface area contributed by atoms with Crippen LogP contribution in [0.15, 0.2) is 47.2 Å². The second-order valence-corrected chi connectivity index (χ2v) is 5.55. The summed E-state index contributed by atoms with van der Waals surface area (Å²) < 4.78 is 7.56. The van der Waals surface area contributed by atoms with Crippen molar-refractivity contribution >= 4 is 5.95 Å². The molecule has 112 valence electrons. The van der Waals surface area contributed by atoms with Crippen LogP contribution in [0, 0.1) is 0 Å². The van der Waals surface area contributed by atoms with Crippen molar-refractivity contribution in [1.29, 1.82) is 0 Å². The number of rotatable bonds is 5. The molecule has 1 aliphatic carbocycles. The van der Waals surface area contributed by atoms with Gasteiger partial charge in [0.05, 0.1) is 12.8 Å². The molecule has 3 aromatic rings. The van der Waals surface area contributed by atoms with Gasteiger partial charge in [-0.2, -0.15) is 0 Å². The molecule has 0 aliphatic heterocycles. The highest BCUT2D eigenvalue weighted by molar-refractivity contribution is 5.53. The maximum absolute atomic E-state index is 5.49. The topological polar surface area (TPSA) is 60.0 Å². The van der Waals surface area contributed by atoms with Gasteiger partial charge in [0.1, 0.15) is 11.5 Å². The van der Waals surface area contributed by atoms with Crippen molar-refractivity contribution in [3.8, 4) is 11.5 Å². The van der Waals surface area contributed by atoms with Crippen LogP contribution in [0.1, 0.15) is 18.6 Å². The Labute approximate surface area is 128 Å². The average molecular weight is 295 g/mol. The third-order valence-electron chi connectivity index (χ3n) is 3.93. The zero-order valence-corrected chi connectivity index (χ0v) is 12.4. The van der Waals surface area contributed by atoms with Gasteiger partial charge in [0.2, 0.25) is 5.95 Å². The number of nitrogens with zero attached hydrogens (tertiary/aromatic N) is 5. The molecular weight excluding hydrogens is 278 g/mol. The van der Waals surface area contributed by atoms with Crippen LogP contribution in [0.4, 0.5) is 5.95 Å². The van der Waals surface area contributed by atoms with Crippen LogP contribution in [0.2, 0.25) is 0 Å². The Morgan fingerprint density at radius 1 is 1.23 bits per heavy atom. The molecule has 1 aliphatic rings. The molecular formula is C16H17N5O. The highest BCUT2D eigenvalue weighted by atomic mass is 16.3. The second kappa shape index (κ2) is 5.29. The van der Waals surface area contributed by atoms with E-state index in [0.717, 1.165) is 23.2 Å². The first kappa shape index (κ1) is 13.1. The van der Waals surface area contributed by atoms with Crippen molar-refractivity contribution in [1.82, 2.24) is 19.7 Å². The molecule has 3 heterocycles. The quantitative estimate of drug-likeness (QED) is 0.724. The second-order valence-electron chi connectivity index (χ2n) is 5.55. The van der Waals surface area contributed by atoms with Crippen LogP contribution < -0.4 is 4.90 Å². The molecule has 0 spiro atoms. The molecule has 0 saturated heterocycles. The van der Waals surface area contributed by atoms with E-state index in [1.807, 2.05) is 30.3 Å². The third-order valence-corrected chi connectivity index (χ3v) is 3.93.